The third-order valence-corrected chi connectivity index (χ3v) is 4.30. The van der Waals surface area contributed by atoms with Gasteiger partial charge in [0.25, 0.3) is 11.6 Å². The maximum atomic E-state index is 11.9. The number of nitrogens with zero attached hydrogens (tertiary/aromatic N) is 1. The number of ether oxygens (including phenoxy) is 1. The van der Waals surface area contributed by atoms with Gasteiger partial charge in [0.1, 0.15) is 0 Å². The summed E-state index contributed by atoms with van der Waals surface area (Å²) < 4.78 is 4.91. The lowest BCUT2D eigenvalue weighted by atomic mass is 9.86. The molecule has 0 aromatic heterocycles. The molecule has 1 aromatic carbocycles. The highest BCUT2D eigenvalue weighted by Crippen LogP contribution is 2.23. The van der Waals surface area contributed by atoms with Crippen molar-refractivity contribution in [2.45, 2.75) is 38.6 Å². The van der Waals surface area contributed by atoms with Crippen LogP contribution < -0.4 is 5.32 Å². The molecule has 1 aliphatic rings. The molecule has 0 radical (unpaired) electrons. The summed E-state index contributed by atoms with van der Waals surface area (Å²) in [6, 6.07) is 6.02. The van der Waals surface area contributed by atoms with Crippen LogP contribution in [-0.2, 0) is 14.3 Å². The number of nitro benzene ring substituents is 1. The first-order chi connectivity index (χ1) is 12.0. The predicted molar refractivity (Wildman–Crippen MR) is 92.7 cm³/mol. The van der Waals surface area contributed by atoms with Gasteiger partial charge in [0.05, 0.1) is 4.92 Å². The molecule has 0 spiro atoms. The molecule has 1 aliphatic carbocycles. The topological polar surface area (TPSA) is 98.5 Å². The number of non-ortho nitro benzene ring substituents is 1. The van der Waals surface area contributed by atoms with Gasteiger partial charge in [0.2, 0.25) is 0 Å². The van der Waals surface area contributed by atoms with Gasteiger partial charge in [-0.3, -0.25) is 14.9 Å². The second kappa shape index (κ2) is 8.96. The average Bonchev–Trinajstić information content (AvgIpc) is 2.60. The number of esters is 1. The Labute approximate surface area is 146 Å². The summed E-state index contributed by atoms with van der Waals surface area (Å²) in [5.41, 5.74) is 0.447. The predicted octanol–water partition coefficient (Wildman–Crippen LogP) is 2.85. The van der Waals surface area contributed by atoms with Crippen LogP contribution in [0.25, 0.3) is 6.08 Å². The molecule has 1 aromatic rings. The smallest absolute Gasteiger partial charge is 0.331 e. The molecule has 0 bridgehead atoms. The van der Waals surface area contributed by atoms with Crippen LogP contribution in [0.3, 0.4) is 0 Å². The SMILES string of the molecule is C[C@H]1CCCC[C@H]1NC(=O)COC(=O)/C=C/c1cccc([N+](=O)[O-])c1. The summed E-state index contributed by atoms with van der Waals surface area (Å²) in [6.07, 6.45) is 6.89. The average molecular weight is 346 g/mol. The van der Waals surface area contributed by atoms with E-state index in [1.165, 1.54) is 30.7 Å². The van der Waals surface area contributed by atoms with E-state index in [9.17, 15) is 19.7 Å². The standard InChI is InChI=1S/C18H22N2O5/c1-13-5-2-3-8-16(13)19-17(21)12-25-18(22)10-9-14-6-4-7-15(11-14)20(23)24/h4,6-7,9-11,13,16H,2-3,5,8,12H2,1H3,(H,19,21)/b10-9+/t13-,16+/m0/s1. The molecule has 1 N–H and O–H groups in total. The number of nitrogens with one attached hydrogen (secondary N) is 1. The molecule has 7 heteroatoms. The fourth-order valence-electron chi connectivity index (χ4n) is 2.87. The number of carbonyl (C=O) groups is 2. The van der Waals surface area contributed by atoms with Crippen molar-refractivity contribution in [3.8, 4) is 0 Å². The van der Waals surface area contributed by atoms with Gasteiger partial charge in [0, 0.05) is 24.3 Å². The van der Waals surface area contributed by atoms with Gasteiger partial charge in [-0.25, -0.2) is 4.79 Å². The van der Waals surface area contributed by atoms with Crippen molar-refractivity contribution < 1.29 is 19.2 Å². The van der Waals surface area contributed by atoms with Gasteiger partial charge in [-0.1, -0.05) is 31.9 Å². The highest BCUT2D eigenvalue weighted by molar-refractivity contribution is 5.89. The van der Waals surface area contributed by atoms with Gasteiger partial charge in [-0.2, -0.15) is 0 Å². The molecule has 1 fully saturated rings. The van der Waals surface area contributed by atoms with Crippen molar-refractivity contribution in [2.75, 3.05) is 6.61 Å². The minimum atomic E-state index is -0.668. The van der Waals surface area contributed by atoms with Crippen molar-refractivity contribution in [2.24, 2.45) is 5.92 Å². The van der Waals surface area contributed by atoms with Crippen LogP contribution in [0.1, 0.15) is 38.2 Å². The number of carbonyl (C=O) groups excluding carboxylic acids is 2. The zero-order valence-electron chi connectivity index (χ0n) is 14.1. The van der Waals surface area contributed by atoms with Gasteiger partial charge < -0.3 is 10.1 Å². The molecule has 1 saturated carbocycles. The minimum Gasteiger partial charge on any atom is -0.452 e. The summed E-state index contributed by atoms with van der Waals surface area (Å²) in [4.78, 5) is 33.7. The van der Waals surface area contributed by atoms with Crippen LogP contribution >= 0.6 is 0 Å². The first-order valence-electron chi connectivity index (χ1n) is 8.34. The molecule has 0 aliphatic heterocycles. The summed E-state index contributed by atoms with van der Waals surface area (Å²) >= 11 is 0. The second-order valence-electron chi connectivity index (χ2n) is 6.23. The molecule has 0 heterocycles. The van der Waals surface area contributed by atoms with E-state index >= 15 is 0 Å². The zero-order chi connectivity index (χ0) is 18.2. The summed E-state index contributed by atoms with van der Waals surface area (Å²) in [5.74, 6) is -0.545. The molecule has 7 nitrogen and oxygen atoms in total. The largest absolute Gasteiger partial charge is 0.452 e. The van der Waals surface area contributed by atoms with Crippen molar-refractivity contribution in [3.63, 3.8) is 0 Å². The van der Waals surface area contributed by atoms with E-state index < -0.39 is 10.9 Å². The van der Waals surface area contributed by atoms with Crippen LogP contribution in [0.2, 0.25) is 0 Å². The first kappa shape index (κ1) is 18.6. The number of nitro groups is 1. The monoisotopic (exact) mass is 346 g/mol. The fraction of sp³-hybridized carbons (Fsp3) is 0.444. The van der Waals surface area contributed by atoms with E-state index in [1.807, 2.05) is 0 Å². The van der Waals surface area contributed by atoms with Crippen LogP contribution in [0, 0.1) is 16.0 Å². The number of rotatable bonds is 6. The highest BCUT2D eigenvalue weighted by atomic mass is 16.6. The second-order valence-corrected chi connectivity index (χ2v) is 6.23. The van der Waals surface area contributed by atoms with E-state index in [0.29, 0.717) is 11.5 Å². The molecule has 2 rings (SSSR count). The number of benzene rings is 1. The summed E-state index contributed by atoms with van der Waals surface area (Å²) in [5, 5.41) is 13.6. The number of hydrogen-bond acceptors (Lipinski definition) is 5. The Kier molecular flexibility index (Phi) is 6.68. The Hall–Kier alpha value is -2.70. The summed E-state index contributed by atoms with van der Waals surface area (Å²) in [6.45, 7) is 1.78. The number of hydrogen-bond donors (Lipinski definition) is 1. The third kappa shape index (κ3) is 6.02. The lowest BCUT2D eigenvalue weighted by molar-refractivity contribution is -0.384. The van der Waals surface area contributed by atoms with Crippen molar-refractivity contribution in [1.82, 2.24) is 5.32 Å². The van der Waals surface area contributed by atoms with E-state index in [2.05, 4.69) is 12.2 Å². The van der Waals surface area contributed by atoms with Crippen LogP contribution in [-0.4, -0.2) is 29.4 Å². The summed E-state index contributed by atoms with van der Waals surface area (Å²) in [7, 11) is 0. The van der Waals surface area contributed by atoms with Crippen molar-refractivity contribution in [3.05, 3.63) is 46.0 Å². The highest BCUT2D eigenvalue weighted by Gasteiger charge is 2.22. The zero-order valence-corrected chi connectivity index (χ0v) is 14.1. The van der Waals surface area contributed by atoms with Crippen molar-refractivity contribution >= 4 is 23.6 Å². The quantitative estimate of drug-likeness (QED) is 0.370. The van der Waals surface area contributed by atoms with Gasteiger partial charge in [-0.15, -0.1) is 0 Å². The molecule has 0 unspecified atom stereocenters. The maximum Gasteiger partial charge on any atom is 0.331 e. The molecule has 25 heavy (non-hydrogen) atoms. The van der Waals surface area contributed by atoms with Gasteiger partial charge in [-0.05, 0) is 30.4 Å². The van der Waals surface area contributed by atoms with E-state index in [0.717, 1.165) is 25.3 Å². The normalized spacial score (nSPS) is 20.2. The van der Waals surface area contributed by atoms with Gasteiger partial charge in [0.15, 0.2) is 6.61 Å². The van der Waals surface area contributed by atoms with Crippen LogP contribution in [0.5, 0.6) is 0 Å². The molecular weight excluding hydrogens is 324 g/mol. The molecule has 1 amide bonds. The number of amides is 1. The maximum absolute atomic E-state index is 11.9. The molecular formula is C18H22N2O5. The van der Waals surface area contributed by atoms with Gasteiger partial charge >= 0.3 is 5.97 Å². The molecule has 0 saturated heterocycles. The van der Waals surface area contributed by atoms with E-state index in [1.54, 1.807) is 6.07 Å². The third-order valence-electron chi connectivity index (χ3n) is 4.30. The van der Waals surface area contributed by atoms with Crippen LogP contribution in [0.4, 0.5) is 5.69 Å². The Morgan fingerprint density at radius 2 is 2.12 bits per heavy atom. The van der Waals surface area contributed by atoms with Crippen LogP contribution in [0.15, 0.2) is 30.3 Å². The Balaban J connectivity index is 1.79. The minimum absolute atomic E-state index is 0.0588. The lowest BCUT2D eigenvalue weighted by Gasteiger charge is -2.29. The van der Waals surface area contributed by atoms with E-state index in [-0.39, 0.29) is 24.2 Å². The van der Waals surface area contributed by atoms with Crippen molar-refractivity contribution in [1.29, 1.82) is 0 Å². The molecule has 2 atom stereocenters. The lowest BCUT2D eigenvalue weighted by Crippen LogP contribution is -2.42. The Bertz CT molecular complexity index is 671. The Morgan fingerprint density at radius 1 is 1.36 bits per heavy atom. The molecule has 134 valence electrons. The fourth-order valence-corrected chi connectivity index (χ4v) is 2.87. The van der Waals surface area contributed by atoms with E-state index in [4.69, 9.17) is 4.74 Å². The first-order valence-corrected chi connectivity index (χ1v) is 8.34. The Morgan fingerprint density at radius 3 is 2.84 bits per heavy atom.